The number of hydrogen-bond donors (Lipinski definition) is 1. The number of carbonyl (C=O) groups is 1. The van der Waals surface area contributed by atoms with E-state index in [1.54, 1.807) is 0 Å². The van der Waals surface area contributed by atoms with Crippen LogP contribution < -0.4 is 0 Å². The maximum Gasteiger partial charge on any atom is 0.276 e. The van der Waals surface area contributed by atoms with E-state index in [1.165, 1.54) is 11.8 Å². The number of amides is 1. The molecule has 1 saturated heterocycles. The molecule has 0 aliphatic carbocycles. The van der Waals surface area contributed by atoms with Crippen LogP contribution in [-0.2, 0) is 0 Å². The molecule has 1 aromatic heterocycles. The molecule has 20 heavy (non-hydrogen) atoms. The molecule has 3 rings (SSSR count). The van der Waals surface area contributed by atoms with E-state index in [9.17, 15) is 4.79 Å². The van der Waals surface area contributed by atoms with Gasteiger partial charge >= 0.3 is 0 Å². The number of rotatable bonds is 2. The molecule has 1 fully saturated rings. The fourth-order valence-electron chi connectivity index (χ4n) is 3.00. The van der Waals surface area contributed by atoms with E-state index in [0.717, 1.165) is 13.1 Å². The quantitative estimate of drug-likeness (QED) is 0.908. The zero-order valence-electron chi connectivity index (χ0n) is 11.7. The number of hydrogen-bond acceptors (Lipinski definition) is 3. The van der Waals surface area contributed by atoms with Crippen molar-refractivity contribution in [1.82, 2.24) is 20.3 Å². The van der Waals surface area contributed by atoms with Gasteiger partial charge in [0.1, 0.15) is 0 Å². The summed E-state index contributed by atoms with van der Waals surface area (Å²) in [6, 6.07) is 10.4. The molecule has 2 aromatic rings. The molecule has 5 nitrogen and oxygen atoms in total. The zero-order valence-corrected chi connectivity index (χ0v) is 11.7. The van der Waals surface area contributed by atoms with E-state index in [4.69, 9.17) is 0 Å². The summed E-state index contributed by atoms with van der Waals surface area (Å²) in [6.45, 7) is 5.88. The van der Waals surface area contributed by atoms with Crippen LogP contribution in [0.2, 0.25) is 0 Å². The lowest BCUT2D eigenvalue weighted by Crippen LogP contribution is -2.30. The van der Waals surface area contributed by atoms with Crippen molar-refractivity contribution < 1.29 is 4.79 Å². The van der Waals surface area contributed by atoms with E-state index < -0.39 is 0 Å². The van der Waals surface area contributed by atoms with Gasteiger partial charge in [0.05, 0.1) is 6.20 Å². The molecule has 0 spiro atoms. The maximum absolute atomic E-state index is 12.4. The van der Waals surface area contributed by atoms with Gasteiger partial charge in [0.2, 0.25) is 0 Å². The first kappa shape index (κ1) is 12.8. The Morgan fingerprint density at radius 2 is 2.10 bits per heavy atom. The average Bonchev–Trinajstić information content (AvgIpc) is 3.06. The molecule has 1 N–H and O–H groups in total. The lowest BCUT2D eigenvalue weighted by atomic mass is 9.78. The first-order chi connectivity index (χ1) is 9.58. The van der Waals surface area contributed by atoms with Gasteiger partial charge in [0.15, 0.2) is 5.69 Å². The lowest BCUT2D eigenvalue weighted by Gasteiger charge is -2.25. The van der Waals surface area contributed by atoms with Gasteiger partial charge in [0, 0.05) is 19.0 Å². The first-order valence-electron chi connectivity index (χ1n) is 6.78. The van der Waals surface area contributed by atoms with Crippen LogP contribution in [-0.4, -0.2) is 39.3 Å². The van der Waals surface area contributed by atoms with Gasteiger partial charge in [-0.2, -0.15) is 15.4 Å². The Balaban J connectivity index is 1.84. The predicted molar refractivity (Wildman–Crippen MR) is 75.3 cm³/mol. The minimum Gasteiger partial charge on any atom is -0.336 e. The van der Waals surface area contributed by atoms with Gasteiger partial charge in [-0.15, -0.1) is 0 Å². The van der Waals surface area contributed by atoms with Crippen LogP contribution in [0.4, 0.5) is 0 Å². The Morgan fingerprint density at radius 3 is 2.75 bits per heavy atom. The Hall–Kier alpha value is -2.17. The first-order valence-corrected chi connectivity index (χ1v) is 6.78. The minimum atomic E-state index is -0.0507. The number of aromatic nitrogens is 3. The Kier molecular flexibility index (Phi) is 3.04. The molecule has 0 radical (unpaired) electrons. The van der Waals surface area contributed by atoms with Crippen molar-refractivity contribution in [2.45, 2.75) is 19.8 Å². The number of likely N-dealkylation sites (tertiary alicyclic amines) is 1. The second kappa shape index (κ2) is 4.74. The largest absolute Gasteiger partial charge is 0.336 e. The van der Waals surface area contributed by atoms with Gasteiger partial charge in [-0.05, 0) is 11.0 Å². The van der Waals surface area contributed by atoms with Crippen molar-refractivity contribution >= 4 is 5.91 Å². The van der Waals surface area contributed by atoms with Crippen LogP contribution in [0, 0.1) is 5.41 Å². The highest BCUT2D eigenvalue weighted by Crippen LogP contribution is 2.42. The highest BCUT2D eigenvalue weighted by Gasteiger charge is 2.42. The highest BCUT2D eigenvalue weighted by atomic mass is 16.2. The third-order valence-electron chi connectivity index (χ3n) is 4.07. The van der Waals surface area contributed by atoms with Crippen LogP contribution in [0.25, 0.3) is 0 Å². The summed E-state index contributed by atoms with van der Waals surface area (Å²) < 4.78 is 0. The molecule has 0 bridgehead atoms. The second-order valence-electron chi connectivity index (χ2n) is 5.99. The SMILES string of the molecule is CC1(C)CN(C(=O)c2cn[nH]n2)C[C@@H]1c1ccccc1. The van der Waals surface area contributed by atoms with Crippen molar-refractivity contribution in [2.24, 2.45) is 5.41 Å². The van der Waals surface area contributed by atoms with Crippen molar-refractivity contribution in [1.29, 1.82) is 0 Å². The fourth-order valence-corrected chi connectivity index (χ4v) is 3.00. The standard InChI is InChI=1S/C15H18N4O/c1-15(2)10-19(14(20)13-8-16-18-17-13)9-12(15)11-6-4-3-5-7-11/h3-8,12H,9-10H2,1-2H3,(H,16,17,18)/t12-/m1/s1. The molecular formula is C15H18N4O. The molecular weight excluding hydrogens is 252 g/mol. The van der Waals surface area contributed by atoms with Gasteiger partial charge in [-0.1, -0.05) is 44.2 Å². The van der Waals surface area contributed by atoms with Crippen molar-refractivity contribution in [3.8, 4) is 0 Å². The smallest absolute Gasteiger partial charge is 0.276 e. The summed E-state index contributed by atoms with van der Waals surface area (Å²) in [6.07, 6.45) is 1.48. The predicted octanol–water partition coefficient (Wildman–Crippen LogP) is 2.07. The molecule has 5 heteroatoms. The Bertz CT molecular complexity index is 592. The van der Waals surface area contributed by atoms with E-state index in [-0.39, 0.29) is 11.3 Å². The summed E-state index contributed by atoms with van der Waals surface area (Å²) in [5, 5.41) is 10.1. The molecule has 1 aromatic carbocycles. The molecule has 0 unspecified atom stereocenters. The second-order valence-corrected chi connectivity index (χ2v) is 5.99. The van der Waals surface area contributed by atoms with Crippen molar-refractivity contribution in [2.75, 3.05) is 13.1 Å². The molecule has 104 valence electrons. The Labute approximate surface area is 118 Å². The molecule has 1 aliphatic heterocycles. The third-order valence-corrected chi connectivity index (χ3v) is 4.07. The molecule has 1 aliphatic rings. The minimum absolute atomic E-state index is 0.0507. The van der Waals surface area contributed by atoms with Gasteiger partial charge in [0.25, 0.3) is 5.91 Å². The topological polar surface area (TPSA) is 61.9 Å². The van der Waals surface area contributed by atoms with Crippen LogP contribution in [0.1, 0.15) is 35.8 Å². The third kappa shape index (κ3) is 2.19. The number of nitrogens with one attached hydrogen (secondary N) is 1. The average molecular weight is 270 g/mol. The highest BCUT2D eigenvalue weighted by molar-refractivity contribution is 5.92. The summed E-state index contributed by atoms with van der Waals surface area (Å²) in [7, 11) is 0. The van der Waals surface area contributed by atoms with E-state index in [1.807, 2.05) is 23.1 Å². The number of H-pyrrole nitrogens is 1. The molecule has 1 atom stereocenters. The van der Waals surface area contributed by atoms with Gasteiger partial charge in [-0.25, -0.2) is 0 Å². The molecule has 1 amide bonds. The van der Waals surface area contributed by atoms with Crippen LogP contribution in [0.15, 0.2) is 36.5 Å². The molecule has 0 saturated carbocycles. The monoisotopic (exact) mass is 270 g/mol. The van der Waals surface area contributed by atoms with Crippen LogP contribution in [0.3, 0.4) is 0 Å². The van der Waals surface area contributed by atoms with E-state index in [0.29, 0.717) is 11.6 Å². The fraction of sp³-hybridized carbons (Fsp3) is 0.400. The number of benzene rings is 1. The maximum atomic E-state index is 12.4. The number of nitrogens with zero attached hydrogens (tertiary/aromatic N) is 3. The zero-order chi connectivity index (χ0) is 14.2. The van der Waals surface area contributed by atoms with Crippen molar-refractivity contribution in [3.63, 3.8) is 0 Å². The van der Waals surface area contributed by atoms with Crippen LogP contribution in [0.5, 0.6) is 0 Å². The Morgan fingerprint density at radius 1 is 1.35 bits per heavy atom. The van der Waals surface area contributed by atoms with Crippen molar-refractivity contribution in [3.05, 3.63) is 47.8 Å². The molecule has 2 heterocycles. The summed E-state index contributed by atoms with van der Waals surface area (Å²) in [4.78, 5) is 14.2. The normalized spacial score (nSPS) is 21.1. The summed E-state index contributed by atoms with van der Waals surface area (Å²) in [5.41, 5.74) is 1.73. The van der Waals surface area contributed by atoms with E-state index >= 15 is 0 Å². The number of aromatic amines is 1. The summed E-state index contributed by atoms with van der Waals surface area (Å²) >= 11 is 0. The van der Waals surface area contributed by atoms with Crippen LogP contribution >= 0.6 is 0 Å². The van der Waals surface area contributed by atoms with E-state index in [2.05, 4.69) is 41.4 Å². The van der Waals surface area contributed by atoms with Gasteiger partial charge < -0.3 is 4.90 Å². The lowest BCUT2D eigenvalue weighted by molar-refractivity contribution is 0.0772. The summed E-state index contributed by atoms with van der Waals surface area (Å²) in [5.74, 6) is 0.296. The number of carbonyl (C=O) groups excluding carboxylic acids is 1. The van der Waals surface area contributed by atoms with Gasteiger partial charge in [-0.3, -0.25) is 4.79 Å².